The van der Waals surface area contributed by atoms with E-state index in [1.807, 2.05) is 25.1 Å². The van der Waals surface area contributed by atoms with Crippen molar-refractivity contribution in [1.29, 1.82) is 0 Å². The highest BCUT2D eigenvalue weighted by Gasteiger charge is 2.60. The number of carbonyl (C=O) groups excluding carboxylic acids is 3. The molecular weight excluding hydrogens is 420 g/mol. The summed E-state index contributed by atoms with van der Waals surface area (Å²) in [7, 11) is 1.49. The second kappa shape index (κ2) is 7.86. The first-order valence-corrected chi connectivity index (χ1v) is 10.3. The van der Waals surface area contributed by atoms with E-state index < -0.39 is 23.4 Å². The van der Waals surface area contributed by atoms with E-state index in [4.69, 9.17) is 22.1 Å². The number of hydrogen-bond donors (Lipinski definition) is 4. The molecular formula is C22H23ClN4O4. The maximum atomic E-state index is 13.5. The van der Waals surface area contributed by atoms with E-state index in [0.717, 1.165) is 5.56 Å². The average Bonchev–Trinajstić information content (AvgIpc) is 3.21. The molecule has 5 N–H and O–H groups in total. The van der Waals surface area contributed by atoms with Gasteiger partial charge in [0.15, 0.2) is 0 Å². The molecule has 0 bridgehead atoms. The van der Waals surface area contributed by atoms with Crippen LogP contribution in [0.5, 0.6) is 5.75 Å². The van der Waals surface area contributed by atoms with Gasteiger partial charge in [0.1, 0.15) is 11.3 Å². The Bertz CT molecular complexity index is 1090. The second-order valence-electron chi connectivity index (χ2n) is 7.95. The van der Waals surface area contributed by atoms with Gasteiger partial charge in [0.05, 0.1) is 18.7 Å². The molecule has 1 spiro atoms. The van der Waals surface area contributed by atoms with Crippen molar-refractivity contribution < 1.29 is 19.1 Å². The van der Waals surface area contributed by atoms with Gasteiger partial charge in [-0.05, 0) is 37.6 Å². The number of halogens is 1. The van der Waals surface area contributed by atoms with Crippen LogP contribution in [0.4, 0.5) is 11.4 Å². The van der Waals surface area contributed by atoms with Crippen LogP contribution in [0, 0.1) is 12.8 Å². The van der Waals surface area contributed by atoms with Crippen molar-refractivity contribution in [3.05, 3.63) is 52.5 Å². The number of nitrogens with two attached hydrogens (primary N) is 1. The van der Waals surface area contributed by atoms with Gasteiger partial charge in [-0.3, -0.25) is 19.7 Å². The molecule has 1 fully saturated rings. The third kappa shape index (κ3) is 3.62. The molecule has 2 aromatic carbocycles. The fourth-order valence-electron chi connectivity index (χ4n) is 4.55. The first kappa shape index (κ1) is 21.1. The Morgan fingerprint density at radius 2 is 2.06 bits per heavy atom. The lowest BCUT2D eigenvalue weighted by Gasteiger charge is -2.29. The summed E-state index contributed by atoms with van der Waals surface area (Å²) in [6, 6.07) is 10.0. The Morgan fingerprint density at radius 1 is 1.29 bits per heavy atom. The molecule has 2 aliphatic heterocycles. The van der Waals surface area contributed by atoms with Gasteiger partial charge >= 0.3 is 0 Å². The largest absolute Gasteiger partial charge is 0.495 e. The van der Waals surface area contributed by atoms with Crippen LogP contribution in [-0.2, 0) is 19.9 Å². The van der Waals surface area contributed by atoms with Crippen LogP contribution >= 0.6 is 11.6 Å². The molecule has 0 unspecified atom stereocenters. The number of fused-ring (bicyclic) bond motifs is 2. The summed E-state index contributed by atoms with van der Waals surface area (Å²) in [5.74, 6) is -1.57. The molecule has 2 aliphatic rings. The van der Waals surface area contributed by atoms with Crippen LogP contribution in [0.15, 0.2) is 36.4 Å². The molecule has 0 saturated carbocycles. The van der Waals surface area contributed by atoms with Crippen molar-refractivity contribution in [1.82, 2.24) is 5.32 Å². The Hall–Kier alpha value is -3.10. The number of rotatable bonds is 5. The summed E-state index contributed by atoms with van der Waals surface area (Å²) in [5, 5.41) is 9.41. The Balaban J connectivity index is 1.75. The molecule has 31 heavy (non-hydrogen) atoms. The van der Waals surface area contributed by atoms with E-state index in [1.54, 1.807) is 18.2 Å². The first-order chi connectivity index (χ1) is 14.7. The van der Waals surface area contributed by atoms with E-state index in [9.17, 15) is 14.4 Å². The van der Waals surface area contributed by atoms with E-state index in [-0.39, 0.29) is 24.7 Å². The zero-order valence-corrected chi connectivity index (χ0v) is 17.9. The third-order valence-electron chi connectivity index (χ3n) is 5.86. The molecule has 2 heterocycles. The molecule has 0 radical (unpaired) electrons. The molecule has 8 nitrogen and oxygen atoms in total. The van der Waals surface area contributed by atoms with E-state index >= 15 is 0 Å². The van der Waals surface area contributed by atoms with Crippen LogP contribution in [-0.4, -0.2) is 30.9 Å². The van der Waals surface area contributed by atoms with Gasteiger partial charge < -0.3 is 21.1 Å². The summed E-state index contributed by atoms with van der Waals surface area (Å²) in [4.78, 5) is 38.3. The fraction of sp³-hybridized carbons (Fsp3) is 0.318. The van der Waals surface area contributed by atoms with Gasteiger partial charge in [-0.25, -0.2) is 0 Å². The summed E-state index contributed by atoms with van der Waals surface area (Å²) >= 11 is 6.09. The predicted octanol–water partition coefficient (Wildman–Crippen LogP) is 2.30. The first-order valence-electron chi connectivity index (χ1n) is 9.87. The number of carbonyl (C=O) groups is 3. The smallest absolute Gasteiger partial charge is 0.250 e. The third-order valence-corrected chi connectivity index (χ3v) is 6.10. The second-order valence-corrected chi connectivity index (χ2v) is 8.38. The summed E-state index contributed by atoms with van der Waals surface area (Å²) in [6.45, 7) is 1.92. The number of amides is 3. The number of primary amides is 1. The lowest BCUT2D eigenvalue weighted by molar-refractivity contribution is -0.130. The number of hydrogen-bond acceptors (Lipinski definition) is 5. The van der Waals surface area contributed by atoms with Crippen LogP contribution in [0.25, 0.3) is 0 Å². The van der Waals surface area contributed by atoms with Crippen LogP contribution < -0.4 is 26.4 Å². The van der Waals surface area contributed by atoms with Crippen molar-refractivity contribution in [3.8, 4) is 5.75 Å². The van der Waals surface area contributed by atoms with Crippen LogP contribution in [0.2, 0.25) is 5.02 Å². The van der Waals surface area contributed by atoms with E-state index in [0.29, 0.717) is 27.7 Å². The number of anilines is 2. The minimum absolute atomic E-state index is 0.0143. The fourth-order valence-corrected chi connectivity index (χ4v) is 4.72. The predicted molar refractivity (Wildman–Crippen MR) is 117 cm³/mol. The zero-order valence-electron chi connectivity index (χ0n) is 17.1. The molecule has 162 valence electrons. The number of nitrogens with one attached hydrogen (secondary N) is 3. The highest BCUT2D eigenvalue weighted by molar-refractivity contribution is 6.31. The number of aryl methyl sites for hydroxylation is 1. The van der Waals surface area contributed by atoms with E-state index in [2.05, 4.69) is 16.0 Å². The van der Waals surface area contributed by atoms with Gasteiger partial charge in [-0.2, -0.15) is 0 Å². The Morgan fingerprint density at radius 3 is 2.77 bits per heavy atom. The van der Waals surface area contributed by atoms with Crippen molar-refractivity contribution in [3.63, 3.8) is 0 Å². The summed E-state index contributed by atoms with van der Waals surface area (Å²) in [5.41, 5.74) is 6.76. The number of methoxy groups -OCH3 is 1. The van der Waals surface area contributed by atoms with Crippen LogP contribution in [0.3, 0.4) is 0 Å². The van der Waals surface area contributed by atoms with Crippen molar-refractivity contribution in [2.75, 3.05) is 17.7 Å². The monoisotopic (exact) mass is 442 g/mol. The summed E-state index contributed by atoms with van der Waals surface area (Å²) < 4.78 is 5.32. The lowest BCUT2D eigenvalue weighted by atomic mass is 9.79. The van der Waals surface area contributed by atoms with Gasteiger partial charge in [-0.15, -0.1) is 0 Å². The molecule has 9 heteroatoms. The average molecular weight is 443 g/mol. The normalized spacial score (nSPS) is 24.0. The minimum atomic E-state index is -1.31. The van der Waals surface area contributed by atoms with Crippen molar-refractivity contribution >= 4 is 40.7 Å². The maximum Gasteiger partial charge on any atom is 0.250 e. The van der Waals surface area contributed by atoms with Gasteiger partial charge in [0.25, 0.3) is 0 Å². The quantitative estimate of drug-likeness (QED) is 0.566. The zero-order chi connectivity index (χ0) is 22.3. The molecule has 2 aromatic rings. The minimum Gasteiger partial charge on any atom is -0.495 e. The SMILES string of the molecule is COc1ccc(Cl)cc1NC(=O)[C@H]1C[C@H](CC(N)=O)N[C@]12C(=O)Nc1ccc(C)cc12. The summed E-state index contributed by atoms with van der Waals surface area (Å²) in [6.07, 6.45) is 0.277. The van der Waals surface area contributed by atoms with Gasteiger partial charge in [0.2, 0.25) is 17.7 Å². The molecule has 3 atom stereocenters. The van der Waals surface area contributed by atoms with Gasteiger partial charge in [0, 0.05) is 28.7 Å². The molecule has 0 aromatic heterocycles. The van der Waals surface area contributed by atoms with E-state index in [1.165, 1.54) is 7.11 Å². The molecule has 3 amide bonds. The molecule has 1 saturated heterocycles. The standard InChI is InChI=1S/C22H23ClN4O4/c1-11-3-5-16-14(7-11)22(21(30)26-16)15(9-13(27-22)10-19(24)28)20(29)25-17-8-12(23)4-6-18(17)31-2/h3-8,13,15,27H,9-10H2,1-2H3,(H2,24,28)(H,25,29)(H,26,30)/t13-,15-,22+/m1/s1. The number of benzene rings is 2. The highest BCUT2D eigenvalue weighted by Crippen LogP contribution is 2.48. The van der Waals surface area contributed by atoms with Crippen molar-refractivity contribution in [2.45, 2.75) is 31.3 Å². The lowest BCUT2D eigenvalue weighted by Crippen LogP contribution is -2.52. The Labute approximate surface area is 184 Å². The highest BCUT2D eigenvalue weighted by atomic mass is 35.5. The topological polar surface area (TPSA) is 123 Å². The van der Waals surface area contributed by atoms with Crippen molar-refractivity contribution in [2.24, 2.45) is 11.7 Å². The van der Waals surface area contributed by atoms with Crippen LogP contribution in [0.1, 0.15) is 24.0 Å². The molecule has 4 rings (SSSR count). The number of ether oxygens (including phenoxy) is 1. The molecule has 0 aliphatic carbocycles. The van der Waals surface area contributed by atoms with Gasteiger partial charge in [-0.1, -0.05) is 29.3 Å². The maximum absolute atomic E-state index is 13.5. The Kier molecular flexibility index (Phi) is 5.36.